The van der Waals surface area contributed by atoms with Gasteiger partial charge in [-0.25, -0.2) is 0 Å². The highest BCUT2D eigenvalue weighted by molar-refractivity contribution is 6.32. The molecular formula is C17H16ClN3O6. The lowest BCUT2D eigenvalue weighted by Gasteiger charge is -2.16. The topological polar surface area (TPSA) is 120 Å². The highest BCUT2D eigenvalue weighted by Crippen LogP contribution is 2.24. The fourth-order valence-electron chi connectivity index (χ4n) is 1.87. The van der Waals surface area contributed by atoms with Gasteiger partial charge in [0.05, 0.1) is 9.95 Å². The summed E-state index contributed by atoms with van der Waals surface area (Å²) in [5, 5.41) is 10.9. The Kier molecular flexibility index (Phi) is 6.95. The quantitative estimate of drug-likeness (QED) is 0.550. The molecule has 0 aliphatic carbocycles. The van der Waals surface area contributed by atoms with Crippen LogP contribution < -0.4 is 20.3 Å². The number of nitrogens with zero attached hydrogens (tertiary/aromatic N) is 1. The van der Waals surface area contributed by atoms with Crippen molar-refractivity contribution >= 4 is 29.1 Å². The molecule has 10 heteroatoms. The molecule has 2 aromatic rings. The first kappa shape index (κ1) is 20.0. The number of carbonyl (C=O) groups is 2. The van der Waals surface area contributed by atoms with E-state index in [1.165, 1.54) is 31.2 Å². The van der Waals surface area contributed by atoms with E-state index in [1.807, 2.05) is 0 Å². The summed E-state index contributed by atoms with van der Waals surface area (Å²) in [5.74, 6) is -0.586. The number of para-hydroxylation sites is 1. The first-order chi connectivity index (χ1) is 12.9. The van der Waals surface area contributed by atoms with Gasteiger partial charge in [0.2, 0.25) is 0 Å². The second kappa shape index (κ2) is 9.39. The number of hydrazine groups is 1. The highest BCUT2D eigenvalue weighted by atomic mass is 35.5. The summed E-state index contributed by atoms with van der Waals surface area (Å²) in [4.78, 5) is 33.7. The van der Waals surface area contributed by atoms with Crippen LogP contribution in [0.4, 0.5) is 5.69 Å². The number of rotatable bonds is 7. The summed E-state index contributed by atoms with van der Waals surface area (Å²) in [6.07, 6.45) is -0.902. The zero-order chi connectivity index (χ0) is 19.8. The van der Waals surface area contributed by atoms with Crippen LogP contribution in [0.15, 0.2) is 48.5 Å². The Balaban J connectivity index is 1.75. The van der Waals surface area contributed by atoms with E-state index in [-0.39, 0.29) is 11.4 Å². The maximum atomic E-state index is 11.9. The van der Waals surface area contributed by atoms with E-state index in [0.717, 1.165) is 0 Å². The van der Waals surface area contributed by atoms with Crippen molar-refractivity contribution in [3.8, 4) is 11.5 Å². The number of benzene rings is 2. The molecule has 0 bridgehead atoms. The van der Waals surface area contributed by atoms with Gasteiger partial charge in [-0.1, -0.05) is 23.7 Å². The SMILES string of the molecule is CC(Oc1ccccc1Cl)C(=O)NNC(=O)COc1ccc([N+](=O)[O-])cc1. The maximum Gasteiger partial charge on any atom is 0.279 e. The number of ether oxygens (including phenoxy) is 2. The Bertz CT molecular complexity index is 828. The van der Waals surface area contributed by atoms with Gasteiger partial charge in [0, 0.05) is 12.1 Å². The molecular weight excluding hydrogens is 378 g/mol. The maximum absolute atomic E-state index is 11.9. The molecule has 1 unspecified atom stereocenters. The number of nitrogens with one attached hydrogen (secondary N) is 2. The van der Waals surface area contributed by atoms with E-state index >= 15 is 0 Å². The number of nitro benzene ring substituents is 1. The fraction of sp³-hybridized carbons (Fsp3) is 0.176. The molecule has 0 aliphatic rings. The van der Waals surface area contributed by atoms with Gasteiger partial charge in [-0.05, 0) is 31.2 Å². The van der Waals surface area contributed by atoms with E-state index < -0.39 is 29.4 Å². The van der Waals surface area contributed by atoms with Gasteiger partial charge in [-0.3, -0.25) is 30.6 Å². The van der Waals surface area contributed by atoms with E-state index in [2.05, 4.69) is 10.9 Å². The van der Waals surface area contributed by atoms with Crippen molar-refractivity contribution in [3.05, 3.63) is 63.7 Å². The molecule has 142 valence electrons. The second-order valence-corrected chi connectivity index (χ2v) is 5.67. The Labute approximate surface area is 159 Å². The molecule has 27 heavy (non-hydrogen) atoms. The fourth-order valence-corrected chi connectivity index (χ4v) is 2.05. The van der Waals surface area contributed by atoms with Gasteiger partial charge >= 0.3 is 0 Å². The zero-order valence-electron chi connectivity index (χ0n) is 14.2. The lowest BCUT2D eigenvalue weighted by molar-refractivity contribution is -0.384. The average Bonchev–Trinajstić information content (AvgIpc) is 2.66. The summed E-state index contributed by atoms with van der Waals surface area (Å²) < 4.78 is 10.6. The number of amides is 2. The van der Waals surface area contributed by atoms with E-state index in [1.54, 1.807) is 24.3 Å². The number of hydrogen-bond donors (Lipinski definition) is 2. The molecule has 0 fully saturated rings. The number of carbonyl (C=O) groups excluding carboxylic acids is 2. The minimum atomic E-state index is -0.902. The molecule has 0 saturated heterocycles. The third kappa shape index (κ3) is 6.15. The van der Waals surface area contributed by atoms with E-state index in [0.29, 0.717) is 10.8 Å². The smallest absolute Gasteiger partial charge is 0.279 e. The number of hydrogen-bond acceptors (Lipinski definition) is 6. The Morgan fingerprint density at radius 1 is 1.15 bits per heavy atom. The summed E-state index contributed by atoms with van der Waals surface area (Å²) >= 11 is 5.95. The number of halogens is 1. The minimum Gasteiger partial charge on any atom is -0.484 e. The van der Waals surface area contributed by atoms with Gasteiger partial charge in [-0.2, -0.15) is 0 Å². The van der Waals surface area contributed by atoms with Crippen LogP contribution in [0.25, 0.3) is 0 Å². The summed E-state index contributed by atoms with van der Waals surface area (Å²) in [7, 11) is 0. The van der Waals surface area contributed by atoms with Gasteiger partial charge in [0.25, 0.3) is 17.5 Å². The van der Waals surface area contributed by atoms with Gasteiger partial charge in [0.15, 0.2) is 12.7 Å². The van der Waals surface area contributed by atoms with Crippen molar-refractivity contribution in [3.63, 3.8) is 0 Å². The zero-order valence-corrected chi connectivity index (χ0v) is 14.9. The van der Waals surface area contributed by atoms with Gasteiger partial charge in [-0.15, -0.1) is 0 Å². The Morgan fingerprint density at radius 2 is 1.81 bits per heavy atom. The standard InChI is InChI=1S/C17H16ClN3O6/c1-11(27-15-5-3-2-4-14(15)18)17(23)20-19-16(22)10-26-13-8-6-12(7-9-13)21(24)25/h2-9,11H,10H2,1H3,(H,19,22)(H,20,23). The molecule has 2 aromatic carbocycles. The van der Waals surface area contributed by atoms with Crippen molar-refractivity contribution in [2.24, 2.45) is 0 Å². The van der Waals surface area contributed by atoms with Crippen molar-refractivity contribution < 1.29 is 24.0 Å². The molecule has 0 spiro atoms. The third-order valence-corrected chi connectivity index (χ3v) is 3.56. The predicted octanol–water partition coefficient (Wildman–Crippen LogP) is 2.24. The number of nitro groups is 1. The van der Waals surface area contributed by atoms with E-state index in [4.69, 9.17) is 21.1 Å². The van der Waals surface area contributed by atoms with E-state index in [9.17, 15) is 19.7 Å². The normalized spacial score (nSPS) is 11.2. The molecule has 2 N–H and O–H groups in total. The lowest BCUT2D eigenvalue weighted by atomic mass is 10.3. The predicted molar refractivity (Wildman–Crippen MR) is 96.4 cm³/mol. The van der Waals surface area contributed by atoms with Crippen molar-refractivity contribution in [1.29, 1.82) is 0 Å². The van der Waals surface area contributed by atoms with Crippen LogP contribution in [0.2, 0.25) is 5.02 Å². The molecule has 0 aliphatic heterocycles. The number of non-ortho nitro benzene ring substituents is 1. The largest absolute Gasteiger partial charge is 0.484 e. The highest BCUT2D eigenvalue weighted by Gasteiger charge is 2.16. The molecule has 0 saturated carbocycles. The first-order valence-electron chi connectivity index (χ1n) is 7.74. The summed E-state index contributed by atoms with van der Waals surface area (Å²) in [6.45, 7) is 1.11. The third-order valence-electron chi connectivity index (χ3n) is 3.25. The van der Waals surface area contributed by atoms with Crippen molar-refractivity contribution in [2.75, 3.05) is 6.61 Å². The molecule has 2 rings (SSSR count). The molecule has 9 nitrogen and oxygen atoms in total. The molecule has 2 amide bonds. The first-order valence-corrected chi connectivity index (χ1v) is 8.11. The summed E-state index contributed by atoms with van der Waals surface area (Å²) in [6, 6.07) is 11.9. The second-order valence-electron chi connectivity index (χ2n) is 5.27. The average molecular weight is 394 g/mol. The molecule has 0 radical (unpaired) electrons. The van der Waals surface area contributed by atoms with Crippen LogP contribution in [0, 0.1) is 10.1 Å². The Hall–Kier alpha value is -3.33. The molecule has 1 atom stereocenters. The van der Waals surface area contributed by atoms with Crippen LogP contribution in [-0.2, 0) is 9.59 Å². The summed E-state index contributed by atoms with van der Waals surface area (Å²) in [5.41, 5.74) is 4.29. The monoisotopic (exact) mass is 393 g/mol. The molecule has 0 aromatic heterocycles. The van der Waals surface area contributed by atoms with Crippen molar-refractivity contribution in [2.45, 2.75) is 13.0 Å². The minimum absolute atomic E-state index is 0.0911. The van der Waals surface area contributed by atoms with Crippen LogP contribution in [0.5, 0.6) is 11.5 Å². The van der Waals surface area contributed by atoms with Gasteiger partial charge in [0.1, 0.15) is 11.5 Å². The van der Waals surface area contributed by atoms with Crippen LogP contribution in [0.3, 0.4) is 0 Å². The Morgan fingerprint density at radius 3 is 2.44 bits per heavy atom. The molecule has 0 heterocycles. The van der Waals surface area contributed by atoms with Gasteiger partial charge < -0.3 is 9.47 Å². The van der Waals surface area contributed by atoms with Crippen LogP contribution in [0.1, 0.15) is 6.92 Å². The van der Waals surface area contributed by atoms with Crippen LogP contribution >= 0.6 is 11.6 Å². The van der Waals surface area contributed by atoms with Crippen LogP contribution in [-0.4, -0.2) is 29.4 Å². The lowest BCUT2D eigenvalue weighted by Crippen LogP contribution is -2.48. The van der Waals surface area contributed by atoms with Crippen molar-refractivity contribution in [1.82, 2.24) is 10.9 Å².